The van der Waals surface area contributed by atoms with Crippen LogP contribution >= 0.6 is 0 Å². The smallest absolute Gasteiger partial charge is 0.340 e. The molecule has 0 aliphatic carbocycles. The maximum Gasteiger partial charge on any atom is 0.340 e. The number of para-hydroxylation sites is 1. The third kappa shape index (κ3) is 2.59. The summed E-state index contributed by atoms with van der Waals surface area (Å²) in [4.78, 5) is 12.9. The SMILES string of the molecule is Cc1ccc(Nc2ccc3c(c2)C2(OC(=O)c4ccccc42)c2ccccc2O3)c(C)c1. The number of aryl methyl sites for hydroxylation is 2. The summed E-state index contributed by atoms with van der Waals surface area (Å²) in [5.41, 5.74) is 6.34. The highest BCUT2D eigenvalue weighted by molar-refractivity contribution is 5.97. The first kappa shape index (κ1) is 18.7. The Kier molecular flexibility index (Phi) is 3.93. The second kappa shape index (κ2) is 6.72. The van der Waals surface area contributed by atoms with E-state index in [1.807, 2.05) is 66.7 Å². The average molecular weight is 419 g/mol. The molecule has 2 aliphatic rings. The van der Waals surface area contributed by atoms with Crippen molar-refractivity contribution < 1.29 is 14.3 Å². The molecule has 1 spiro atoms. The molecule has 32 heavy (non-hydrogen) atoms. The molecule has 4 aromatic rings. The van der Waals surface area contributed by atoms with Crippen LogP contribution in [0.3, 0.4) is 0 Å². The summed E-state index contributed by atoms with van der Waals surface area (Å²) in [6.45, 7) is 4.17. The maximum absolute atomic E-state index is 12.9. The lowest BCUT2D eigenvalue weighted by atomic mass is 9.77. The van der Waals surface area contributed by atoms with E-state index < -0.39 is 5.60 Å². The molecular formula is C28H21NO3. The number of carbonyl (C=O) groups is 1. The predicted molar refractivity (Wildman–Crippen MR) is 124 cm³/mol. The zero-order valence-electron chi connectivity index (χ0n) is 17.8. The molecule has 0 bridgehead atoms. The van der Waals surface area contributed by atoms with Gasteiger partial charge in [-0.25, -0.2) is 4.79 Å². The summed E-state index contributed by atoms with van der Waals surface area (Å²) in [6.07, 6.45) is 0. The molecule has 4 aromatic carbocycles. The molecule has 0 saturated heterocycles. The quantitative estimate of drug-likeness (QED) is 0.371. The van der Waals surface area contributed by atoms with Gasteiger partial charge in [-0.2, -0.15) is 0 Å². The average Bonchev–Trinajstić information content (AvgIpc) is 3.10. The summed E-state index contributed by atoms with van der Waals surface area (Å²) in [6, 6.07) is 27.6. The highest BCUT2D eigenvalue weighted by Crippen LogP contribution is 2.56. The summed E-state index contributed by atoms with van der Waals surface area (Å²) in [5.74, 6) is 1.05. The lowest BCUT2D eigenvalue weighted by Crippen LogP contribution is -2.33. The molecule has 1 N–H and O–H groups in total. The number of esters is 1. The maximum atomic E-state index is 12.9. The van der Waals surface area contributed by atoms with Crippen LogP contribution in [0.1, 0.15) is 38.2 Å². The fraction of sp³-hybridized carbons (Fsp3) is 0.107. The Morgan fingerprint density at radius 3 is 2.34 bits per heavy atom. The van der Waals surface area contributed by atoms with E-state index in [1.165, 1.54) is 5.56 Å². The van der Waals surface area contributed by atoms with Crippen molar-refractivity contribution in [2.45, 2.75) is 19.4 Å². The molecule has 4 heteroatoms. The number of rotatable bonds is 2. The van der Waals surface area contributed by atoms with Gasteiger partial charge in [0.15, 0.2) is 5.60 Å². The first-order chi connectivity index (χ1) is 15.6. The van der Waals surface area contributed by atoms with E-state index in [9.17, 15) is 4.79 Å². The van der Waals surface area contributed by atoms with Gasteiger partial charge in [-0.05, 0) is 55.8 Å². The minimum absolute atomic E-state index is 0.323. The number of anilines is 2. The van der Waals surface area contributed by atoms with Crippen LogP contribution in [-0.2, 0) is 10.3 Å². The van der Waals surface area contributed by atoms with Crippen molar-refractivity contribution in [3.8, 4) is 11.5 Å². The molecule has 2 aliphatic heterocycles. The molecule has 0 aromatic heterocycles. The van der Waals surface area contributed by atoms with Gasteiger partial charge in [-0.1, -0.05) is 54.1 Å². The van der Waals surface area contributed by atoms with E-state index in [0.717, 1.165) is 33.6 Å². The van der Waals surface area contributed by atoms with Gasteiger partial charge < -0.3 is 14.8 Å². The van der Waals surface area contributed by atoms with Crippen LogP contribution in [0.15, 0.2) is 84.9 Å². The van der Waals surface area contributed by atoms with E-state index in [0.29, 0.717) is 17.1 Å². The summed E-state index contributed by atoms with van der Waals surface area (Å²) < 4.78 is 12.5. The topological polar surface area (TPSA) is 47.6 Å². The van der Waals surface area contributed by atoms with E-state index >= 15 is 0 Å². The van der Waals surface area contributed by atoms with Gasteiger partial charge in [-0.15, -0.1) is 0 Å². The first-order valence-electron chi connectivity index (χ1n) is 10.7. The van der Waals surface area contributed by atoms with Crippen LogP contribution in [-0.4, -0.2) is 5.97 Å². The number of nitrogens with one attached hydrogen (secondary N) is 1. The highest BCUT2D eigenvalue weighted by Gasteiger charge is 2.53. The molecule has 0 amide bonds. The molecule has 0 radical (unpaired) electrons. The summed E-state index contributed by atoms with van der Waals surface area (Å²) >= 11 is 0. The second-order valence-corrected chi connectivity index (χ2v) is 8.37. The number of hydrogen-bond donors (Lipinski definition) is 1. The lowest BCUT2D eigenvalue weighted by molar-refractivity contribution is 0.0224. The predicted octanol–water partition coefficient (Wildman–Crippen LogP) is 6.62. The van der Waals surface area contributed by atoms with Gasteiger partial charge in [-0.3, -0.25) is 0 Å². The zero-order chi connectivity index (χ0) is 21.9. The Balaban J connectivity index is 1.56. The number of fused-ring (bicyclic) bond motifs is 6. The second-order valence-electron chi connectivity index (χ2n) is 8.37. The normalized spacial score (nSPS) is 17.8. The van der Waals surface area contributed by atoms with Crippen molar-refractivity contribution in [2.24, 2.45) is 0 Å². The van der Waals surface area contributed by atoms with Crippen molar-refractivity contribution >= 4 is 17.3 Å². The minimum atomic E-state index is -1.04. The molecule has 2 heterocycles. The zero-order valence-corrected chi connectivity index (χ0v) is 17.8. The number of carbonyl (C=O) groups excluding carboxylic acids is 1. The first-order valence-corrected chi connectivity index (χ1v) is 10.7. The van der Waals surface area contributed by atoms with Crippen LogP contribution < -0.4 is 10.1 Å². The molecule has 156 valence electrons. The van der Waals surface area contributed by atoms with Crippen molar-refractivity contribution in [1.29, 1.82) is 0 Å². The Hall–Kier alpha value is -4.05. The van der Waals surface area contributed by atoms with Crippen LogP contribution in [0.4, 0.5) is 11.4 Å². The number of ether oxygens (including phenoxy) is 2. The van der Waals surface area contributed by atoms with Gasteiger partial charge in [0, 0.05) is 28.1 Å². The highest BCUT2D eigenvalue weighted by atomic mass is 16.6. The fourth-order valence-electron chi connectivity index (χ4n) is 4.81. The molecule has 0 saturated carbocycles. The summed E-state index contributed by atoms with van der Waals surface area (Å²) in [5, 5.41) is 3.52. The van der Waals surface area contributed by atoms with E-state index in [2.05, 4.69) is 37.4 Å². The van der Waals surface area contributed by atoms with Crippen LogP contribution in [0.25, 0.3) is 0 Å². The van der Waals surface area contributed by atoms with Crippen molar-refractivity contribution in [1.82, 2.24) is 0 Å². The lowest BCUT2D eigenvalue weighted by Gasteiger charge is -2.36. The van der Waals surface area contributed by atoms with Crippen molar-refractivity contribution in [3.05, 3.63) is 118 Å². The number of benzene rings is 4. The van der Waals surface area contributed by atoms with Crippen molar-refractivity contribution in [2.75, 3.05) is 5.32 Å². The molecule has 4 nitrogen and oxygen atoms in total. The fourth-order valence-corrected chi connectivity index (χ4v) is 4.81. The Morgan fingerprint density at radius 1 is 0.750 bits per heavy atom. The van der Waals surface area contributed by atoms with Crippen LogP contribution in [0.2, 0.25) is 0 Å². The third-order valence-corrected chi connectivity index (χ3v) is 6.28. The third-order valence-electron chi connectivity index (χ3n) is 6.28. The Morgan fingerprint density at radius 2 is 1.50 bits per heavy atom. The molecular weight excluding hydrogens is 398 g/mol. The Labute approximate surface area is 186 Å². The van der Waals surface area contributed by atoms with Gasteiger partial charge in [0.1, 0.15) is 11.5 Å². The molecule has 1 unspecified atom stereocenters. The van der Waals surface area contributed by atoms with Gasteiger partial charge in [0.2, 0.25) is 0 Å². The monoisotopic (exact) mass is 419 g/mol. The van der Waals surface area contributed by atoms with E-state index in [4.69, 9.17) is 9.47 Å². The van der Waals surface area contributed by atoms with Crippen LogP contribution in [0, 0.1) is 13.8 Å². The largest absolute Gasteiger partial charge is 0.456 e. The van der Waals surface area contributed by atoms with Gasteiger partial charge >= 0.3 is 5.97 Å². The molecule has 1 atom stereocenters. The van der Waals surface area contributed by atoms with Gasteiger partial charge in [0.05, 0.1) is 5.56 Å². The molecule has 6 rings (SSSR count). The molecule has 0 fully saturated rings. The minimum Gasteiger partial charge on any atom is -0.456 e. The van der Waals surface area contributed by atoms with Gasteiger partial charge in [0.25, 0.3) is 0 Å². The number of hydrogen-bond acceptors (Lipinski definition) is 4. The summed E-state index contributed by atoms with van der Waals surface area (Å²) in [7, 11) is 0. The van der Waals surface area contributed by atoms with E-state index in [-0.39, 0.29) is 5.97 Å². The van der Waals surface area contributed by atoms with Crippen molar-refractivity contribution in [3.63, 3.8) is 0 Å². The van der Waals surface area contributed by atoms with E-state index in [1.54, 1.807) is 0 Å². The standard InChI is InChI=1S/C28H21NO3/c1-17-11-13-24(18(2)15-17)29-19-12-14-26-23(16-19)28(22-9-5-6-10-25(22)31-26)21-8-4-3-7-20(21)27(30)32-28/h3-16,29H,1-2H3. The Bertz CT molecular complexity index is 1410. The van der Waals surface area contributed by atoms with Crippen LogP contribution in [0.5, 0.6) is 11.5 Å².